The van der Waals surface area contributed by atoms with Crippen LogP contribution in [0, 0.1) is 0 Å². The van der Waals surface area contributed by atoms with E-state index in [1.807, 2.05) is 24.3 Å². The molecule has 6 heteroatoms. The van der Waals surface area contributed by atoms with E-state index in [9.17, 15) is 25.5 Å². The predicted molar refractivity (Wildman–Crippen MR) is 136 cm³/mol. The van der Waals surface area contributed by atoms with Gasteiger partial charge in [-0.15, -0.1) is 0 Å². The zero-order chi connectivity index (χ0) is 25.1. The van der Waals surface area contributed by atoms with Gasteiger partial charge in [-0.3, -0.25) is 0 Å². The highest BCUT2D eigenvalue weighted by molar-refractivity contribution is 5.72. The molecule has 0 unspecified atom stereocenters. The average Bonchev–Trinajstić information content (AvgIpc) is 3.16. The topological polar surface area (TPSA) is 110 Å². The summed E-state index contributed by atoms with van der Waals surface area (Å²) in [4.78, 5) is 0. The maximum Gasteiger partial charge on any atom is 0.135 e. The first-order valence-corrected chi connectivity index (χ1v) is 11.0. The minimum Gasteiger partial charge on any atom is -0.512 e. The molecule has 1 aliphatic rings. The lowest BCUT2D eigenvalue weighted by atomic mass is 9.84. The summed E-state index contributed by atoms with van der Waals surface area (Å²) in [6, 6.07) is 16.8. The summed E-state index contributed by atoms with van der Waals surface area (Å²) >= 11 is 0. The van der Waals surface area contributed by atoms with Gasteiger partial charge in [0.25, 0.3) is 0 Å². The molecular weight excluding hydrogens is 444 g/mol. The van der Waals surface area contributed by atoms with Crippen molar-refractivity contribution in [2.45, 2.75) is 18.9 Å². The van der Waals surface area contributed by atoms with E-state index in [2.05, 4.69) is 6.58 Å². The van der Waals surface area contributed by atoms with Crippen molar-refractivity contribution >= 4 is 12.2 Å². The van der Waals surface area contributed by atoms with Gasteiger partial charge in [-0.2, -0.15) is 0 Å². The van der Waals surface area contributed by atoms with Crippen molar-refractivity contribution in [3.05, 3.63) is 119 Å². The second kappa shape index (κ2) is 9.73. The molecule has 0 saturated carbocycles. The van der Waals surface area contributed by atoms with Gasteiger partial charge in [-0.25, -0.2) is 0 Å². The summed E-state index contributed by atoms with van der Waals surface area (Å²) in [7, 11) is 0. The molecule has 0 spiro atoms. The van der Waals surface area contributed by atoms with Crippen LogP contribution in [0.3, 0.4) is 0 Å². The monoisotopic (exact) mass is 470 g/mol. The number of rotatable bonds is 6. The summed E-state index contributed by atoms with van der Waals surface area (Å²) in [5, 5.41) is 48.9. The molecule has 35 heavy (non-hydrogen) atoms. The van der Waals surface area contributed by atoms with Gasteiger partial charge in [-0.1, -0.05) is 36.9 Å². The minimum atomic E-state index is -0.441. The Labute approximate surface area is 203 Å². The average molecular weight is 471 g/mol. The molecule has 178 valence electrons. The van der Waals surface area contributed by atoms with Gasteiger partial charge in [-0.05, 0) is 71.7 Å². The zero-order valence-corrected chi connectivity index (χ0v) is 19.1. The van der Waals surface area contributed by atoms with Crippen LogP contribution in [0.1, 0.15) is 41.2 Å². The van der Waals surface area contributed by atoms with Crippen molar-refractivity contribution in [1.82, 2.24) is 0 Å². The molecule has 3 aromatic carbocycles. The number of hydrogen-bond donors (Lipinski definition) is 5. The summed E-state index contributed by atoms with van der Waals surface area (Å²) in [6.45, 7) is 5.63. The summed E-state index contributed by atoms with van der Waals surface area (Å²) in [6.07, 6.45) is 5.92. The summed E-state index contributed by atoms with van der Waals surface area (Å²) in [5.74, 6) is 0.247. The standard InChI is InChI=1S/C29H26O6/c1-17(11-23(32)12-18(2)30)28-26-15-19(3-4-20-13-24(33)16-25(34)14-20)5-10-27(26)35-29(28)21-6-8-22(31)9-7-21/h3-16,28-34H,1H2,2H3/b4-3+,18-12+,23-11+/t28-,29+/m1/s1. The third kappa shape index (κ3) is 5.50. The third-order valence-corrected chi connectivity index (χ3v) is 5.63. The Balaban J connectivity index is 1.72. The number of aromatic hydroxyl groups is 3. The van der Waals surface area contributed by atoms with Gasteiger partial charge >= 0.3 is 0 Å². The number of hydrogen-bond acceptors (Lipinski definition) is 6. The second-order valence-electron chi connectivity index (χ2n) is 8.45. The summed E-state index contributed by atoms with van der Waals surface area (Å²) < 4.78 is 6.27. The lowest BCUT2D eigenvalue weighted by Gasteiger charge is -2.20. The minimum absolute atomic E-state index is 0.0288. The fraction of sp³-hybridized carbons (Fsp3) is 0.103. The number of benzene rings is 3. The Hall–Kier alpha value is -4.58. The van der Waals surface area contributed by atoms with Crippen LogP contribution in [0.25, 0.3) is 12.2 Å². The highest BCUT2D eigenvalue weighted by Crippen LogP contribution is 2.50. The molecule has 6 nitrogen and oxygen atoms in total. The van der Waals surface area contributed by atoms with Gasteiger partial charge in [0.15, 0.2) is 0 Å². The number of ether oxygens (including phenoxy) is 1. The summed E-state index contributed by atoms with van der Waals surface area (Å²) in [5.41, 5.74) is 3.78. The molecule has 2 atom stereocenters. The van der Waals surface area contributed by atoms with Crippen LogP contribution in [0.5, 0.6) is 23.0 Å². The van der Waals surface area contributed by atoms with Crippen molar-refractivity contribution in [3.8, 4) is 23.0 Å². The number of allylic oxidation sites excluding steroid dienone is 3. The Morgan fingerprint density at radius 1 is 0.800 bits per heavy atom. The van der Waals surface area contributed by atoms with Crippen LogP contribution in [0.15, 0.2) is 96.5 Å². The molecular formula is C29H26O6. The molecule has 0 saturated heterocycles. The number of fused-ring (bicyclic) bond motifs is 1. The number of aliphatic hydroxyl groups is 2. The number of phenols is 3. The predicted octanol–water partition coefficient (Wildman–Crippen LogP) is 6.65. The Morgan fingerprint density at radius 3 is 2.11 bits per heavy atom. The smallest absolute Gasteiger partial charge is 0.135 e. The SMILES string of the molecule is C=C(/C=C(O)\C=C(/C)O)[C@@H]1c2cc(/C=C/c3cc(O)cc(O)c3)ccc2O[C@H]1c1ccc(O)cc1. The Kier molecular flexibility index (Phi) is 6.55. The van der Waals surface area contributed by atoms with Gasteiger partial charge in [0, 0.05) is 17.7 Å². The lowest BCUT2D eigenvalue weighted by molar-refractivity contribution is 0.222. The number of aliphatic hydroxyl groups excluding tert-OH is 2. The van der Waals surface area contributed by atoms with Gasteiger partial charge in [0.2, 0.25) is 0 Å². The molecule has 1 aliphatic heterocycles. The van der Waals surface area contributed by atoms with E-state index in [1.54, 1.807) is 42.5 Å². The molecule has 0 aromatic heterocycles. The third-order valence-electron chi connectivity index (χ3n) is 5.63. The maximum atomic E-state index is 10.2. The molecule has 0 bridgehead atoms. The zero-order valence-electron chi connectivity index (χ0n) is 19.1. The molecule has 0 radical (unpaired) electrons. The van der Waals surface area contributed by atoms with Crippen LogP contribution in [-0.4, -0.2) is 25.5 Å². The first-order chi connectivity index (χ1) is 16.7. The van der Waals surface area contributed by atoms with E-state index in [4.69, 9.17) is 4.74 Å². The first kappa shape index (κ1) is 23.6. The molecule has 0 fully saturated rings. The fourth-order valence-electron chi connectivity index (χ4n) is 4.15. The highest BCUT2D eigenvalue weighted by Gasteiger charge is 2.37. The van der Waals surface area contributed by atoms with Crippen molar-refractivity contribution in [3.63, 3.8) is 0 Å². The lowest BCUT2D eigenvalue weighted by Crippen LogP contribution is -2.11. The molecule has 3 aromatic rings. The van der Waals surface area contributed by atoms with Crippen molar-refractivity contribution in [1.29, 1.82) is 0 Å². The van der Waals surface area contributed by atoms with Crippen molar-refractivity contribution < 1.29 is 30.3 Å². The Morgan fingerprint density at radius 2 is 1.46 bits per heavy atom. The van der Waals surface area contributed by atoms with Crippen LogP contribution in [0.2, 0.25) is 0 Å². The van der Waals surface area contributed by atoms with Crippen LogP contribution >= 0.6 is 0 Å². The van der Waals surface area contributed by atoms with Crippen molar-refractivity contribution in [2.24, 2.45) is 0 Å². The van der Waals surface area contributed by atoms with Crippen LogP contribution < -0.4 is 4.74 Å². The van der Waals surface area contributed by atoms with E-state index in [1.165, 1.54) is 25.1 Å². The van der Waals surface area contributed by atoms with E-state index in [0.29, 0.717) is 16.9 Å². The largest absolute Gasteiger partial charge is 0.512 e. The second-order valence-corrected chi connectivity index (χ2v) is 8.45. The Bertz CT molecular complexity index is 1320. The number of phenolic OH excluding ortho intramolecular Hbond substituents is 3. The van der Waals surface area contributed by atoms with Crippen molar-refractivity contribution in [2.75, 3.05) is 0 Å². The van der Waals surface area contributed by atoms with E-state index < -0.39 is 6.10 Å². The fourth-order valence-corrected chi connectivity index (χ4v) is 4.15. The van der Waals surface area contributed by atoms with Gasteiger partial charge < -0.3 is 30.3 Å². The van der Waals surface area contributed by atoms with Gasteiger partial charge in [0.1, 0.15) is 34.9 Å². The van der Waals surface area contributed by atoms with Gasteiger partial charge in [0.05, 0.1) is 11.7 Å². The van der Waals surface area contributed by atoms with E-state index >= 15 is 0 Å². The van der Waals surface area contributed by atoms with Crippen LogP contribution in [0.4, 0.5) is 0 Å². The van der Waals surface area contributed by atoms with E-state index in [-0.39, 0.29) is 34.7 Å². The quantitative estimate of drug-likeness (QED) is 0.157. The normalized spacial score (nSPS) is 17.9. The van der Waals surface area contributed by atoms with E-state index in [0.717, 1.165) is 16.7 Å². The molecule has 5 N–H and O–H groups in total. The molecule has 0 amide bonds. The molecule has 1 heterocycles. The molecule has 0 aliphatic carbocycles. The van der Waals surface area contributed by atoms with Crippen LogP contribution in [-0.2, 0) is 0 Å². The highest BCUT2D eigenvalue weighted by atomic mass is 16.5. The first-order valence-electron chi connectivity index (χ1n) is 11.0. The molecule has 4 rings (SSSR count). The maximum absolute atomic E-state index is 10.2.